The van der Waals surface area contributed by atoms with Gasteiger partial charge in [-0.1, -0.05) is 86.6 Å². The van der Waals surface area contributed by atoms with Crippen molar-refractivity contribution in [3.05, 3.63) is 94.0 Å². The van der Waals surface area contributed by atoms with Gasteiger partial charge in [0.25, 0.3) is 0 Å². The van der Waals surface area contributed by atoms with Crippen LogP contribution in [0.1, 0.15) is 43.4 Å². The molecule has 0 radical (unpaired) electrons. The Hall–Kier alpha value is -3.27. The van der Waals surface area contributed by atoms with Crippen molar-refractivity contribution in [1.82, 2.24) is 10.6 Å². The molecule has 0 unspecified atom stereocenters. The molecule has 1 aliphatic rings. The van der Waals surface area contributed by atoms with Crippen molar-refractivity contribution in [2.24, 2.45) is 5.92 Å². The molecule has 4 N–H and O–H groups in total. The summed E-state index contributed by atoms with van der Waals surface area (Å²) < 4.78 is 0. The second-order valence-electron chi connectivity index (χ2n) is 9.60. The van der Waals surface area contributed by atoms with E-state index in [-0.39, 0.29) is 10.8 Å². The maximum atomic E-state index is 13.5. The number of nitrogens with one attached hydrogen (secondary N) is 2. The Morgan fingerprint density at radius 3 is 2.31 bits per heavy atom. The van der Waals surface area contributed by atoms with E-state index in [1.807, 2.05) is 86.6 Å². The van der Waals surface area contributed by atoms with Crippen LogP contribution in [0.5, 0.6) is 0 Å². The monoisotopic (exact) mass is 475 g/mol. The smallest absolute Gasteiger partial charge is 0.426 e. The molecule has 0 aromatic heterocycles. The number of fused-ring (bicyclic) bond motifs is 1. The van der Waals surface area contributed by atoms with Gasteiger partial charge in [0, 0.05) is 4.92 Å². The van der Waals surface area contributed by atoms with Gasteiger partial charge >= 0.3 is 7.12 Å². The van der Waals surface area contributed by atoms with Crippen molar-refractivity contribution in [2.75, 3.05) is 0 Å². The van der Waals surface area contributed by atoms with Gasteiger partial charge < -0.3 is 15.4 Å². The van der Waals surface area contributed by atoms with Crippen molar-refractivity contribution in [2.45, 2.75) is 50.3 Å². The SMILES string of the molecule is CC(C)C[C@H](NC(=O)[C@@H]1N[C@H](c2ccccc2)[C@@H]([N+](=O)[O-])[C@@H]1c1ccc2ccccc2c1)B(O)O. The zero-order valence-electron chi connectivity index (χ0n) is 19.7. The zero-order valence-corrected chi connectivity index (χ0v) is 19.7. The van der Waals surface area contributed by atoms with Crippen molar-refractivity contribution in [1.29, 1.82) is 0 Å². The Morgan fingerprint density at radius 2 is 1.69 bits per heavy atom. The first-order valence-electron chi connectivity index (χ1n) is 11.9. The molecule has 0 aliphatic carbocycles. The number of carbonyl (C=O) groups is 1. The van der Waals surface area contributed by atoms with Crippen LogP contribution in [0.2, 0.25) is 0 Å². The molecule has 0 saturated carbocycles. The highest BCUT2D eigenvalue weighted by atomic mass is 16.6. The van der Waals surface area contributed by atoms with Gasteiger partial charge in [0.1, 0.15) is 12.1 Å². The molecule has 1 fully saturated rings. The molecule has 0 spiro atoms. The summed E-state index contributed by atoms with van der Waals surface area (Å²) in [5, 5.41) is 40.0. The quantitative estimate of drug-likeness (QED) is 0.226. The highest BCUT2D eigenvalue weighted by Gasteiger charge is 2.54. The third-order valence-electron chi connectivity index (χ3n) is 6.68. The van der Waals surface area contributed by atoms with Gasteiger partial charge in [-0.05, 0) is 34.2 Å². The average Bonchev–Trinajstić information content (AvgIpc) is 3.25. The van der Waals surface area contributed by atoms with Crippen LogP contribution in [0, 0.1) is 16.0 Å². The van der Waals surface area contributed by atoms with E-state index >= 15 is 0 Å². The number of nitrogens with zero attached hydrogens (tertiary/aromatic N) is 1. The summed E-state index contributed by atoms with van der Waals surface area (Å²) in [6.07, 6.45) is 0.359. The Kier molecular flexibility index (Phi) is 7.49. The molecule has 1 heterocycles. The fourth-order valence-corrected chi connectivity index (χ4v) is 5.09. The lowest BCUT2D eigenvalue weighted by Crippen LogP contribution is -2.53. The van der Waals surface area contributed by atoms with Crippen LogP contribution in [-0.2, 0) is 4.79 Å². The van der Waals surface area contributed by atoms with Gasteiger partial charge in [-0.3, -0.25) is 20.2 Å². The van der Waals surface area contributed by atoms with Crippen LogP contribution < -0.4 is 10.6 Å². The van der Waals surface area contributed by atoms with Crippen molar-refractivity contribution >= 4 is 23.8 Å². The van der Waals surface area contributed by atoms with Crippen LogP contribution in [0.15, 0.2) is 72.8 Å². The van der Waals surface area contributed by atoms with Crippen LogP contribution in [0.3, 0.4) is 0 Å². The third kappa shape index (κ3) is 5.37. The Balaban J connectivity index is 1.76. The molecule has 4 rings (SSSR count). The van der Waals surface area contributed by atoms with Gasteiger partial charge in [0.2, 0.25) is 11.9 Å². The molecule has 1 aliphatic heterocycles. The fraction of sp³-hybridized carbons (Fsp3) is 0.346. The molecule has 5 atom stereocenters. The number of rotatable bonds is 8. The van der Waals surface area contributed by atoms with Crippen LogP contribution in [0.4, 0.5) is 0 Å². The molecule has 182 valence electrons. The van der Waals surface area contributed by atoms with E-state index in [1.54, 1.807) is 0 Å². The number of hydrogen-bond donors (Lipinski definition) is 4. The number of carbonyl (C=O) groups excluding carboxylic acids is 1. The second-order valence-corrected chi connectivity index (χ2v) is 9.60. The number of benzene rings is 3. The molecule has 1 saturated heterocycles. The normalized spacial score (nSPS) is 22.8. The topological polar surface area (TPSA) is 125 Å². The lowest BCUT2D eigenvalue weighted by molar-refractivity contribution is -0.527. The minimum Gasteiger partial charge on any atom is -0.426 e. The Morgan fingerprint density at radius 1 is 1.03 bits per heavy atom. The molecular formula is C26H30BN3O5. The number of hydrogen-bond acceptors (Lipinski definition) is 6. The number of nitro groups is 1. The lowest BCUT2D eigenvalue weighted by atomic mass is 9.74. The minimum absolute atomic E-state index is 0.110. The summed E-state index contributed by atoms with van der Waals surface area (Å²) in [6.45, 7) is 3.84. The minimum atomic E-state index is -1.74. The molecule has 9 heteroatoms. The van der Waals surface area contributed by atoms with Gasteiger partial charge in [0.15, 0.2) is 0 Å². The first kappa shape index (κ1) is 24.8. The summed E-state index contributed by atoms with van der Waals surface area (Å²) >= 11 is 0. The van der Waals surface area contributed by atoms with Crippen molar-refractivity contribution < 1.29 is 19.8 Å². The molecule has 3 aromatic carbocycles. The van der Waals surface area contributed by atoms with Crippen molar-refractivity contribution in [3.63, 3.8) is 0 Å². The number of amides is 1. The summed E-state index contributed by atoms with van der Waals surface area (Å²) in [5.74, 6) is -2.03. The molecule has 8 nitrogen and oxygen atoms in total. The fourth-order valence-electron chi connectivity index (χ4n) is 5.09. The zero-order chi connectivity index (χ0) is 25.1. The van der Waals surface area contributed by atoms with Crippen LogP contribution in [0.25, 0.3) is 10.8 Å². The van der Waals surface area contributed by atoms with E-state index in [1.165, 1.54) is 0 Å². The summed E-state index contributed by atoms with van der Waals surface area (Å²) in [5.41, 5.74) is 1.40. The van der Waals surface area contributed by atoms with E-state index in [2.05, 4.69) is 10.6 Å². The van der Waals surface area contributed by atoms with Crippen molar-refractivity contribution in [3.8, 4) is 0 Å². The molecule has 0 bridgehead atoms. The standard InChI is InChI=1S/C26H30BN3O5/c1-16(2)14-21(27(32)33)28-26(31)24-22(20-13-12-17-8-6-7-11-19(17)15-20)25(30(34)35)23(29-24)18-9-4-3-5-10-18/h3-13,15-16,21-25,29,32-33H,14H2,1-2H3,(H,28,31)/t21-,22+,23+,24+,25-/m0/s1. The summed E-state index contributed by atoms with van der Waals surface area (Å²) in [4.78, 5) is 25.6. The van der Waals surface area contributed by atoms with E-state index in [0.29, 0.717) is 12.0 Å². The molecule has 1 amide bonds. The summed E-state index contributed by atoms with van der Waals surface area (Å²) in [6, 6.07) is 19.7. The van der Waals surface area contributed by atoms with Gasteiger partial charge in [0.05, 0.1) is 11.9 Å². The van der Waals surface area contributed by atoms with Gasteiger partial charge in [-0.2, -0.15) is 0 Å². The van der Waals surface area contributed by atoms with Crippen LogP contribution >= 0.6 is 0 Å². The van der Waals surface area contributed by atoms with E-state index in [0.717, 1.165) is 16.3 Å². The Labute approximate surface area is 204 Å². The molecule has 3 aromatic rings. The predicted molar refractivity (Wildman–Crippen MR) is 135 cm³/mol. The highest BCUT2D eigenvalue weighted by molar-refractivity contribution is 6.43. The maximum Gasteiger partial charge on any atom is 0.475 e. The van der Waals surface area contributed by atoms with E-state index in [9.17, 15) is 25.0 Å². The molecular weight excluding hydrogens is 445 g/mol. The maximum absolute atomic E-state index is 13.5. The van der Waals surface area contributed by atoms with Crippen LogP contribution in [-0.4, -0.2) is 46.0 Å². The van der Waals surface area contributed by atoms with E-state index < -0.39 is 43.0 Å². The van der Waals surface area contributed by atoms with Gasteiger partial charge in [-0.25, -0.2) is 0 Å². The Bertz CT molecular complexity index is 1190. The third-order valence-corrected chi connectivity index (χ3v) is 6.68. The predicted octanol–water partition coefficient (Wildman–Crippen LogP) is 2.82. The highest BCUT2D eigenvalue weighted by Crippen LogP contribution is 2.41. The lowest BCUT2D eigenvalue weighted by Gasteiger charge is -2.25. The summed E-state index contributed by atoms with van der Waals surface area (Å²) in [7, 11) is -1.74. The average molecular weight is 475 g/mol. The second kappa shape index (κ2) is 10.6. The van der Waals surface area contributed by atoms with Gasteiger partial charge in [-0.15, -0.1) is 0 Å². The largest absolute Gasteiger partial charge is 0.475 e. The molecule has 35 heavy (non-hydrogen) atoms. The van der Waals surface area contributed by atoms with E-state index in [4.69, 9.17) is 0 Å². The first-order chi connectivity index (χ1) is 16.8. The first-order valence-corrected chi connectivity index (χ1v) is 11.9.